The van der Waals surface area contributed by atoms with Crippen molar-refractivity contribution in [2.75, 3.05) is 20.3 Å². The second kappa shape index (κ2) is 12.9. The molecule has 7 nitrogen and oxygen atoms in total. The second-order valence-electron chi connectivity index (χ2n) is 9.12. The lowest BCUT2D eigenvalue weighted by Crippen LogP contribution is -2.40. The van der Waals surface area contributed by atoms with Gasteiger partial charge in [-0.1, -0.05) is 66.5 Å². The van der Waals surface area contributed by atoms with Gasteiger partial charge in [0.2, 0.25) is 0 Å². The highest BCUT2D eigenvalue weighted by Gasteiger charge is 2.35. The number of carbonyl (C=O) groups excluding carboxylic acids is 1. The molecule has 5 rings (SSSR count). The quantitative estimate of drug-likeness (QED) is 0.136. The van der Waals surface area contributed by atoms with Gasteiger partial charge in [-0.25, -0.2) is 14.2 Å². The molecule has 3 aromatic carbocycles. The Kier molecular flexibility index (Phi) is 9.03. The molecular formula is C32H26FIN2O5S. The minimum Gasteiger partial charge on any atom is -0.493 e. The van der Waals surface area contributed by atoms with E-state index in [4.69, 9.17) is 19.2 Å². The van der Waals surface area contributed by atoms with Crippen molar-refractivity contribution in [1.29, 1.82) is 0 Å². The summed E-state index contributed by atoms with van der Waals surface area (Å²) in [4.78, 5) is 32.8. The first-order chi connectivity index (χ1) is 20.4. The Bertz CT molecular complexity index is 1860. The van der Waals surface area contributed by atoms with Crippen LogP contribution in [0.1, 0.15) is 29.7 Å². The molecule has 1 aromatic heterocycles. The molecule has 0 saturated carbocycles. The smallest absolute Gasteiger partial charge is 0.338 e. The number of nitrogens with zero attached hydrogens (tertiary/aromatic N) is 2. The first-order valence-electron chi connectivity index (χ1n) is 13.0. The molecule has 214 valence electrons. The van der Waals surface area contributed by atoms with Crippen LogP contribution in [-0.2, 0) is 9.53 Å². The van der Waals surface area contributed by atoms with Crippen LogP contribution < -0.4 is 24.4 Å². The number of esters is 1. The van der Waals surface area contributed by atoms with E-state index >= 15 is 0 Å². The van der Waals surface area contributed by atoms with Crippen molar-refractivity contribution >= 4 is 51.7 Å². The number of halogens is 2. The SMILES string of the molecule is C=CCOc1c(I)cc(/C=c2\sc3n(c2=O)[C@H](c2ccc(F)cc2)C(C(=O)OCC)=C(c2ccccc2)N=3)cc1OC. The van der Waals surface area contributed by atoms with Gasteiger partial charge in [0.25, 0.3) is 5.56 Å². The molecule has 0 N–H and O–H groups in total. The Morgan fingerprint density at radius 2 is 1.90 bits per heavy atom. The molecule has 1 atom stereocenters. The summed E-state index contributed by atoms with van der Waals surface area (Å²) in [5.74, 6) is 0.0701. The van der Waals surface area contributed by atoms with E-state index in [0.717, 1.165) is 9.13 Å². The van der Waals surface area contributed by atoms with Crippen LogP contribution in [0.5, 0.6) is 11.5 Å². The molecule has 0 radical (unpaired) electrons. The molecule has 10 heteroatoms. The number of fused-ring (bicyclic) bond motifs is 1. The van der Waals surface area contributed by atoms with Gasteiger partial charge in [0.15, 0.2) is 16.3 Å². The van der Waals surface area contributed by atoms with Crippen LogP contribution in [0.2, 0.25) is 0 Å². The highest BCUT2D eigenvalue weighted by Crippen LogP contribution is 2.36. The van der Waals surface area contributed by atoms with Crippen molar-refractivity contribution in [1.82, 2.24) is 4.57 Å². The first kappa shape index (κ1) is 29.5. The van der Waals surface area contributed by atoms with Crippen LogP contribution in [0.25, 0.3) is 11.8 Å². The zero-order valence-corrected chi connectivity index (χ0v) is 25.8. The molecule has 0 fully saturated rings. The first-order valence-corrected chi connectivity index (χ1v) is 14.9. The van der Waals surface area contributed by atoms with Crippen LogP contribution in [-0.4, -0.2) is 30.9 Å². The summed E-state index contributed by atoms with van der Waals surface area (Å²) in [5, 5.41) is 0. The lowest BCUT2D eigenvalue weighted by atomic mass is 9.93. The molecule has 0 amide bonds. The average molecular weight is 697 g/mol. The second-order valence-corrected chi connectivity index (χ2v) is 11.3. The number of rotatable bonds is 9. The number of ether oxygens (including phenoxy) is 3. The topological polar surface area (TPSA) is 79.1 Å². The fraction of sp³-hybridized carbons (Fsp3) is 0.156. The van der Waals surface area contributed by atoms with E-state index in [1.807, 2.05) is 36.4 Å². The van der Waals surface area contributed by atoms with Gasteiger partial charge in [0.1, 0.15) is 12.4 Å². The van der Waals surface area contributed by atoms with Gasteiger partial charge in [-0.15, -0.1) is 0 Å². The van der Waals surface area contributed by atoms with E-state index < -0.39 is 17.8 Å². The lowest BCUT2D eigenvalue weighted by Gasteiger charge is -2.25. The predicted octanol–water partition coefficient (Wildman–Crippen LogP) is 5.25. The molecule has 42 heavy (non-hydrogen) atoms. The fourth-order valence-corrected chi connectivity index (χ4v) is 6.44. The molecule has 2 heterocycles. The van der Waals surface area contributed by atoms with Crippen molar-refractivity contribution in [3.8, 4) is 11.5 Å². The Labute approximate surface area is 259 Å². The Hall–Kier alpha value is -4.03. The summed E-state index contributed by atoms with van der Waals surface area (Å²) in [5.41, 5.74) is 2.22. The van der Waals surface area contributed by atoms with Crippen molar-refractivity contribution in [2.45, 2.75) is 13.0 Å². The van der Waals surface area contributed by atoms with E-state index in [9.17, 15) is 14.0 Å². The van der Waals surface area contributed by atoms with Crippen LogP contribution in [0, 0.1) is 9.39 Å². The maximum absolute atomic E-state index is 14.0. The van der Waals surface area contributed by atoms with Gasteiger partial charge >= 0.3 is 5.97 Å². The summed E-state index contributed by atoms with van der Waals surface area (Å²) in [6.07, 6.45) is 3.40. The van der Waals surface area contributed by atoms with E-state index in [1.54, 1.807) is 44.4 Å². The van der Waals surface area contributed by atoms with Crippen LogP contribution in [0.3, 0.4) is 0 Å². The third kappa shape index (κ3) is 5.82. The van der Waals surface area contributed by atoms with Gasteiger partial charge < -0.3 is 14.2 Å². The number of benzene rings is 3. The molecule has 0 bridgehead atoms. The number of hydrogen-bond donors (Lipinski definition) is 0. The normalized spacial score (nSPS) is 14.7. The minimum absolute atomic E-state index is 0.137. The van der Waals surface area contributed by atoms with Crippen molar-refractivity contribution in [2.24, 2.45) is 4.99 Å². The molecule has 0 unspecified atom stereocenters. The Morgan fingerprint density at radius 3 is 2.57 bits per heavy atom. The van der Waals surface area contributed by atoms with Crippen LogP contribution in [0.4, 0.5) is 4.39 Å². The molecule has 0 spiro atoms. The maximum Gasteiger partial charge on any atom is 0.338 e. The number of carbonyl (C=O) groups is 1. The fourth-order valence-electron chi connectivity index (χ4n) is 4.66. The summed E-state index contributed by atoms with van der Waals surface area (Å²) >= 11 is 3.36. The zero-order chi connectivity index (χ0) is 29.8. The van der Waals surface area contributed by atoms with Crippen LogP contribution >= 0.6 is 33.9 Å². The third-order valence-electron chi connectivity index (χ3n) is 6.45. The van der Waals surface area contributed by atoms with Crippen molar-refractivity contribution in [3.63, 3.8) is 0 Å². The van der Waals surface area contributed by atoms with Crippen molar-refractivity contribution in [3.05, 3.63) is 131 Å². The number of methoxy groups -OCH3 is 1. The average Bonchev–Trinajstić information content (AvgIpc) is 3.30. The summed E-state index contributed by atoms with van der Waals surface area (Å²) < 4.78 is 33.4. The monoisotopic (exact) mass is 696 g/mol. The molecule has 1 aliphatic rings. The predicted molar refractivity (Wildman–Crippen MR) is 169 cm³/mol. The van der Waals surface area contributed by atoms with E-state index in [1.165, 1.54) is 28.0 Å². The largest absolute Gasteiger partial charge is 0.493 e. The molecule has 4 aromatic rings. The van der Waals surface area contributed by atoms with Gasteiger partial charge in [0, 0.05) is 5.56 Å². The van der Waals surface area contributed by atoms with Crippen LogP contribution in [0.15, 0.2) is 94.7 Å². The Balaban J connectivity index is 1.77. The summed E-state index contributed by atoms with van der Waals surface area (Å²) in [6, 6.07) is 17.8. The number of aromatic nitrogens is 1. The number of hydrogen-bond acceptors (Lipinski definition) is 7. The highest BCUT2D eigenvalue weighted by molar-refractivity contribution is 14.1. The van der Waals surface area contributed by atoms with E-state index in [-0.39, 0.29) is 17.7 Å². The van der Waals surface area contributed by atoms with Gasteiger partial charge in [-0.2, -0.15) is 0 Å². The van der Waals surface area contributed by atoms with Gasteiger partial charge in [-0.3, -0.25) is 9.36 Å². The highest BCUT2D eigenvalue weighted by atomic mass is 127. The lowest BCUT2D eigenvalue weighted by molar-refractivity contribution is -0.138. The molecule has 0 saturated heterocycles. The third-order valence-corrected chi connectivity index (χ3v) is 8.24. The Morgan fingerprint density at radius 1 is 1.17 bits per heavy atom. The molecule has 1 aliphatic heterocycles. The van der Waals surface area contributed by atoms with E-state index in [2.05, 4.69) is 29.2 Å². The summed E-state index contributed by atoms with van der Waals surface area (Å²) in [7, 11) is 1.55. The molecular weight excluding hydrogens is 670 g/mol. The standard InChI is InChI=1S/C32H26FIN2O5S/c1-4-15-41-29-23(34)16-19(17-24(29)39-3)18-25-30(37)36-28(21-11-13-22(33)14-12-21)26(31(38)40-5-2)27(35-32(36)42-25)20-9-7-6-8-10-20/h4,6-14,16-18,28H,1,5,15H2,2-3H3/b25-18-/t28-/m1/s1. The van der Waals surface area contributed by atoms with Crippen molar-refractivity contribution < 1.29 is 23.4 Å². The van der Waals surface area contributed by atoms with E-state index in [0.29, 0.717) is 44.3 Å². The zero-order valence-electron chi connectivity index (χ0n) is 22.8. The minimum atomic E-state index is -0.886. The summed E-state index contributed by atoms with van der Waals surface area (Å²) in [6.45, 7) is 5.86. The van der Waals surface area contributed by atoms with Gasteiger partial charge in [0.05, 0.1) is 39.1 Å². The molecule has 0 aliphatic carbocycles. The number of thiazole rings is 1. The van der Waals surface area contributed by atoms with Gasteiger partial charge in [-0.05, 0) is 71.0 Å². The maximum atomic E-state index is 14.0.